The lowest BCUT2D eigenvalue weighted by Crippen LogP contribution is -2.53. The van der Waals surface area contributed by atoms with Gasteiger partial charge in [-0.3, -0.25) is 24.5 Å². The first kappa shape index (κ1) is 66.2. The topological polar surface area (TPSA) is 281 Å². The molecule has 1 fully saturated rings. The van der Waals surface area contributed by atoms with Crippen LogP contribution in [0.3, 0.4) is 0 Å². The second-order valence-electron chi connectivity index (χ2n) is 20.5. The summed E-state index contributed by atoms with van der Waals surface area (Å²) in [6, 6.07) is 36.5. The molecule has 0 spiro atoms. The van der Waals surface area contributed by atoms with Crippen molar-refractivity contribution in [1.29, 1.82) is 0 Å². The zero-order valence-electron chi connectivity index (χ0n) is 48.5. The third kappa shape index (κ3) is 26.2. The zero-order valence-corrected chi connectivity index (χ0v) is 50.1. The molecule has 6 atom stereocenters. The molecule has 23 heteroatoms. The largest absolute Gasteiger partial charge is 0.444 e. The second kappa shape index (κ2) is 38.1. The molecule has 1 aliphatic heterocycles. The molecule has 0 aliphatic carbocycles. The van der Waals surface area contributed by atoms with Crippen molar-refractivity contribution in [3.05, 3.63) is 177 Å². The van der Waals surface area contributed by atoms with Crippen molar-refractivity contribution < 1.29 is 43.0 Å². The molecule has 0 saturated carbocycles. The third-order valence-corrected chi connectivity index (χ3v) is 15.5. The van der Waals surface area contributed by atoms with E-state index in [9.17, 15) is 28.8 Å². The molecule has 0 bridgehead atoms. The number of urea groups is 2. The summed E-state index contributed by atoms with van der Waals surface area (Å²) in [6.07, 6.45) is 7.94. The maximum Gasteiger partial charge on any atom is 0.407 e. The minimum atomic E-state index is -0.761. The van der Waals surface area contributed by atoms with Crippen LogP contribution in [0.25, 0.3) is 0 Å². The van der Waals surface area contributed by atoms with Gasteiger partial charge in [0.05, 0.1) is 34.0 Å². The molecule has 2 aromatic heterocycles. The lowest BCUT2D eigenvalue weighted by atomic mass is 9.95. The maximum absolute atomic E-state index is 13.7. The van der Waals surface area contributed by atoms with Gasteiger partial charge in [0.25, 0.3) is 0 Å². The van der Waals surface area contributed by atoms with E-state index in [1.807, 2.05) is 121 Å². The maximum atomic E-state index is 13.7. The standard InChI is InChI=1S/C33H44N6O5S.C29H38N6O4S/c1-34-32(41)38-30(14-15-39-16-18-43-19-17-39)31(40)36-27(20-25-8-4-2-5-9-25)12-13-28(21-26-10-6-3-7-11-26)37-33(42)44-23-29-22-35-24-45-29;1-31-28(37)35-26(14-15-30)27(36)33-23(16-21-8-4-2-5-9-21)12-13-24(17-22-10-6-3-7-11-22)34-29(38)39-19-25-18-32-20-40-25/h2-11,22,24,27-28,30H,12-21,23H2,1H3,(H,36,40)(H,37,42)(H2,34,38,41);2-11,18,20,23-24,26H,12-17,19,30H2,1H3,(H,33,36)(H,34,38)(H2,31,35,37). The number of ether oxygens (including phenoxy) is 3. The van der Waals surface area contributed by atoms with Crippen LogP contribution < -0.4 is 48.3 Å². The van der Waals surface area contributed by atoms with Gasteiger partial charge in [0.1, 0.15) is 25.3 Å². The Morgan fingerprint density at radius 1 is 0.506 bits per heavy atom. The van der Waals surface area contributed by atoms with Crippen molar-refractivity contribution in [2.45, 2.75) is 114 Å². The monoisotopic (exact) mass is 1200 g/mol. The highest BCUT2D eigenvalue weighted by atomic mass is 32.1. The summed E-state index contributed by atoms with van der Waals surface area (Å²) in [7, 11) is 3.03. The first-order chi connectivity index (χ1) is 41.4. The Labute approximate surface area is 506 Å². The number of amides is 8. The number of aromatic nitrogens is 2. The van der Waals surface area contributed by atoms with Gasteiger partial charge >= 0.3 is 24.2 Å². The van der Waals surface area contributed by atoms with Crippen LogP contribution in [-0.2, 0) is 62.7 Å². The smallest absolute Gasteiger partial charge is 0.407 e. The van der Waals surface area contributed by atoms with Crippen LogP contribution in [0.2, 0.25) is 0 Å². The van der Waals surface area contributed by atoms with Crippen LogP contribution in [0.4, 0.5) is 19.2 Å². The number of carbonyl (C=O) groups is 6. The van der Waals surface area contributed by atoms with Gasteiger partial charge < -0.3 is 62.5 Å². The molecule has 7 rings (SSSR count). The summed E-state index contributed by atoms with van der Waals surface area (Å²) < 4.78 is 16.3. The Bertz CT molecular complexity index is 2840. The van der Waals surface area contributed by atoms with E-state index >= 15 is 0 Å². The Morgan fingerprint density at radius 2 is 0.859 bits per heavy atom. The van der Waals surface area contributed by atoms with Crippen molar-refractivity contribution in [2.75, 3.05) is 53.5 Å². The van der Waals surface area contributed by atoms with E-state index < -0.39 is 36.3 Å². The lowest BCUT2D eigenvalue weighted by molar-refractivity contribution is -0.124. The Morgan fingerprint density at radius 3 is 1.19 bits per heavy atom. The number of nitrogens with two attached hydrogens (primary N) is 1. The highest BCUT2D eigenvalue weighted by molar-refractivity contribution is 7.09. The quantitative estimate of drug-likeness (QED) is 0.0221. The lowest BCUT2D eigenvalue weighted by Gasteiger charge is -2.29. The molecule has 0 radical (unpaired) electrons. The number of alkyl carbamates (subject to hydrolysis) is 2. The van der Waals surface area contributed by atoms with Crippen LogP contribution in [-0.4, -0.2) is 141 Å². The molecular formula is C62H82N12O9S2. The van der Waals surface area contributed by atoms with E-state index in [1.54, 1.807) is 23.4 Å². The first-order valence-electron chi connectivity index (χ1n) is 28.8. The van der Waals surface area contributed by atoms with E-state index in [4.69, 9.17) is 19.9 Å². The van der Waals surface area contributed by atoms with Crippen LogP contribution in [0.15, 0.2) is 145 Å². The number of nitrogens with one attached hydrogen (secondary N) is 8. The van der Waals surface area contributed by atoms with Gasteiger partial charge in [-0.15, -0.1) is 22.7 Å². The summed E-state index contributed by atoms with van der Waals surface area (Å²) in [5.41, 5.74) is 13.4. The average Bonchev–Trinajstić information content (AvgIpc) is 4.35. The van der Waals surface area contributed by atoms with Gasteiger partial charge in [-0.2, -0.15) is 0 Å². The Balaban J connectivity index is 0.000000274. The van der Waals surface area contributed by atoms with Gasteiger partial charge in [0.2, 0.25) is 11.8 Å². The molecule has 6 unspecified atom stereocenters. The number of nitrogens with zero attached hydrogens (tertiary/aromatic N) is 3. The van der Waals surface area contributed by atoms with E-state index in [-0.39, 0.29) is 55.7 Å². The number of benzene rings is 4. The third-order valence-electron chi connectivity index (χ3n) is 14.0. The van der Waals surface area contributed by atoms with E-state index in [1.165, 1.54) is 36.8 Å². The molecule has 3 heterocycles. The summed E-state index contributed by atoms with van der Waals surface area (Å²) >= 11 is 2.85. The molecular weight excluding hydrogens is 1120 g/mol. The molecule has 456 valence electrons. The molecule has 4 aromatic carbocycles. The number of carbonyl (C=O) groups excluding carboxylic acids is 6. The molecule has 6 aromatic rings. The Kier molecular flexibility index (Phi) is 29.6. The predicted octanol–water partition coefficient (Wildman–Crippen LogP) is 6.64. The van der Waals surface area contributed by atoms with Crippen LogP contribution in [0, 0.1) is 0 Å². The summed E-state index contributed by atoms with van der Waals surface area (Å²) in [4.78, 5) is 88.5. The summed E-state index contributed by atoms with van der Waals surface area (Å²) in [5.74, 6) is -0.532. The highest BCUT2D eigenvalue weighted by Gasteiger charge is 2.27. The molecule has 1 saturated heterocycles. The van der Waals surface area contributed by atoms with E-state index in [0.717, 1.165) is 45.1 Å². The van der Waals surface area contributed by atoms with Crippen molar-refractivity contribution in [2.24, 2.45) is 5.73 Å². The normalized spacial score (nSPS) is 14.2. The fourth-order valence-electron chi connectivity index (χ4n) is 9.52. The van der Waals surface area contributed by atoms with E-state index in [2.05, 4.69) is 57.4 Å². The Hall–Kier alpha value is -7.96. The van der Waals surface area contributed by atoms with Gasteiger partial charge in [-0.05, 0) is 93.0 Å². The van der Waals surface area contributed by atoms with Crippen molar-refractivity contribution in [3.8, 4) is 0 Å². The highest BCUT2D eigenvalue weighted by Crippen LogP contribution is 2.18. The number of rotatable bonds is 31. The van der Waals surface area contributed by atoms with Gasteiger partial charge in [-0.1, -0.05) is 121 Å². The first-order valence-corrected chi connectivity index (χ1v) is 30.5. The number of thiazole rings is 2. The van der Waals surface area contributed by atoms with Crippen molar-refractivity contribution in [1.82, 2.24) is 57.4 Å². The molecule has 21 nitrogen and oxygen atoms in total. The van der Waals surface area contributed by atoms with E-state index in [0.29, 0.717) is 84.0 Å². The zero-order chi connectivity index (χ0) is 60.3. The second-order valence-corrected chi connectivity index (χ2v) is 22.4. The van der Waals surface area contributed by atoms with Crippen LogP contribution >= 0.6 is 22.7 Å². The predicted molar refractivity (Wildman–Crippen MR) is 330 cm³/mol. The van der Waals surface area contributed by atoms with Gasteiger partial charge in [0.15, 0.2) is 0 Å². The van der Waals surface area contributed by atoms with Crippen LogP contribution in [0.1, 0.15) is 70.5 Å². The van der Waals surface area contributed by atoms with Gasteiger partial charge in [-0.25, -0.2) is 19.2 Å². The van der Waals surface area contributed by atoms with Gasteiger partial charge in [0, 0.05) is 70.3 Å². The molecule has 85 heavy (non-hydrogen) atoms. The number of hydrogen-bond donors (Lipinski definition) is 9. The fourth-order valence-corrected chi connectivity index (χ4v) is 10.5. The SMILES string of the molecule is CNC(=O)NC(CCN)C(=O)NC(CCC(Cc1ccccc1)NC(=O)OCc1cncs1)Cc1ccccc1.CNC(=O)NC(CCN1CCOCC1)C(=O)NC(CCC(Cc1ccccc1)NC(=O)OCc1cncs1)Cc1ccccc1. The minimum absolute atomic E-state index is 0.155. The fraction of sp³-hybridized carbons (Fsp3) is 0.419. The minimum Gasteiger partial charge on any atom is -0.444 e. The van der Waals surface area contributed by atoms with Crippen LogP contribution in [0.5, 0.6) is 0 Å². The molecule has 1 aliphatic rings. The molecule has 10 N–H and O–H groups in total. The van der Waals surface area contributed by atoms with Crippen molar-refractivity contribution >= 4 is 58.7 Å². The summed E-state index contributed by atoms with van der Waals surface area (Å²) in [6.45, 7) is 4.15. The van der Waals surface area contributed by atoms with Crippen molar-refractivity contribution in [3.63, 3.8) is 0 Å². The number of morpholine rings is 1. The summed E-state index contributed by atoms with van der Waals surface area (Å²) in [5, 5.41) is 22.9. The number of hydrogen-bond acceptors (Lipinski definition) is 15. The average molecular weight is 1200 g/mol. The molecule has 8 amide bonds.